The van der Waals surface area contributed by atoms with Gasteiger partial charge in [0.25, 0.3) is 0 Å². The summed E-state index contributed by atoms with van der Waals surface area (Å²) in [4.78, 5) is 4.27. The summed E-state index contributed by atoms with van der Waals surface area (Å²) >= 11 is 5.83. The number of nitrogens with two attached hydrogens (primary N) is 1. The van der Waals surface area contributed by atoms with Crippen LogP contribution in [0.1, 0.15) is 30.2 Å². The van der Waals surface area contributed by atoms with Crippen molar-refractivity contribution in [3.63, 3.8) is 0 Å². The van der Waals surface area contributed by atoms with Crippen molar-refractivity contribution in [1.82, 2.24) is 10.1 Å². The summed E-state index contributed by atoms with van der Waals surface area (Å²) in [5.74, 6) is 1.00. The van der Waals surface area contributed by atoms with Crippen molar-refractivity contribution < 1.29 is 9.26 Å². The van der Waals surface area contributed by atoms with Gasteiger partial charge in [-0.2, -0.15) is 4.98 Å². The van der Waals surface area contributed by atoms with Crippen LogP contribution in [0.25, 0.3) is 0 Å². The molecular weight excluding hydrogens is 266 g/mol. The lowest BCUT2D eigenvalue weighted by molar-refractivity contribution is 0.130. The molecule has 2 N–H and O–H groups in total. The molecule has 1 atom stereocenters. The molecule has 0 saturated heterocycles. The van der Waals surface area contributed by atoms with Crippen molar-refractivity contribution in [2.45, 2.75) is 19.4 Å². The van der Waals surface area contributed by atoms with Crippen LogP contribution in [0.2, 0.25) is 5.02 Å². The fraction of sp³-hybridized carbons (Fsp3) is 0.385. The van der Waals surface area contributed by atoms with Gasteiger partial charge in [0.15, 0.2) is 5.82 Å². The lowest BCUT2D eigenvalue weighted by Gasteiger charge is -2.05. The molecule has 0 spiro atoms. The molecule has 0 bridgehead atoms. The van der Waals surface area contributed by atoms with Gasteiger partial charge >= 0.3 is 0 Å². The Labute approximate surface area is 116 Å². The summed E-state index contributed by atoms with van der Waals surface area (Å²) in [6, 6.07) is 7.14. The summed E-state index contributed by atoms with van der Waals surface area (Å²) in [6.07, 6.45) is 0.561. The topological polar surface area (TPSA) is 74.2 Å². The van der Waals surface area contributed by atoms with Crippen molar-refractivity contribution in [2.24, 2.45) is 5.73 Å². The number of hydrogen-bond acceptors (Lipinski definition) is 5. The normalized spacial score (nSPS) is 12.6. The second kappa shape index (κ2) is 6.65. The van der Waals surface area contributed by atoms with E-state index in [1.54, 1.807) is 0 Å². The average molecular weight is 282 g/mol. The third-order valence-corrected chi connectivity index (χ3v) is 2.84. The Bertz CT molecular complexity index is 513. The number of halogens is 1. The number of nitrogens with zero attached hydrogens (tertiary/aromatic N) is 2. The van der Waals surface area contributed by atoms with Gasteiger partial charge < -0.3 is 15.0 Å². The molecule has 102 valence electrons. The molecule has 2 rings (SSSR count). The van der Waals surface area contributed by atoms with E-state index < -0.39 is 0 Å². The Kier molecular flexibility index (Phi) is 4.90. The van der Waals surface area contributed by atoms with E-state index in [1.165, 1.54) is 0 Å². The minimum Gasteiger partial charge on any atom is -0.380 e. The lowest BCUT2D eigenvalue weighted by atomic mass is 10.1. The fourth-order valence-corrected chi connectivity index (χ4v) is 1.71. The van der Waals surface area contributed by atoms with E-state index in [9.17, 15) is 0 Å². The quantitative estimate of drug-likeness (QED) is 0.880. The second-order valence-electron chi connectivity index (χ2n) is 4.12. The van der Waals surface area contributed by atoms with Gasteiger partial charge in [0, 0.05) is 11.6 Å². The molecule has 5 nitrogen and oxygen atoms in total. The van der Waals surface area contributed by atoms with Crippen LogP contribution in [0.15, 0.2) is 28.8 Å². The first-order valence-electron chi connectivity index (χ1n) is 6.09. The monoisotopic (exact) mass is 281 g/mol. The fourth-order valence-electron chi connectivity index (χ4n) is 1.59. The van der Waals surface area contributed by atoms with Gasteiger partial charge in [0.05, 0.1) is 19.1 Å². The van der Waals surface area contributed by atoms with E-state index in [4.69, 9.17) is 26.6 Å². The zero-order valence-corrected chi connectivity index (χ0v) is 11.4. The molecule has 0 aliphatic rings. The van der Waals surface area contributed by atoms with E-state index in [0.717, 1.165) is 5.56 Å². The maximum Gasteiger partial charge on any atom is 0.231 e. The zero-order chi connectivity index (χ0) is 13.7. The number of benzene rings is 1. The molecule has 1 heterocycles. The summed E-state index contributed by atoms with van der Waals surface area (Å²) in [7, 11) is 0. The number of rotatable bonds is 6. The third kappa shape index (κ3) is 4.02. The van der Waals surface area contributed by atoms with Crippen LogP contribution in [-0.2, 0) is 11.2 Å². The molecule has 0 radical (unpaired) electrons. The standard InChI is InChI=1S/C13H16ClN3O2/c1-2-18-8-11(15)13-16-12(19-17-13)7-9-3-5-10(14)6-4-9/h3-6,11H,2,7-8,15H2,1H3. The van der Waals surface area contributed by atoms with Crippen molar-refractivity contribution in [1.29, 1.82) is 0 Å². The van der Waals surface area contributed by atoms with E-state index in [0.29, 0.717) is 36.4 Å². The molecule has 0 aliphatic carbocycles. The Morgan fingerprint density at radius 1 is 1.37 bits per heavy atom. The first kappa shape index (κ1) is 14.0. The number of hydrogen-bond donors (Lipinski definition) is 1. The van der Waals surface area contributed by atoms with Gasteiger partial charge in [0.1, 0.15) is 0 Å². The maximum absolute atomic E-state index is 5.88. The van der Waals surface area contributed by atoms with E-state index >= 15 is 0 Å². The van der Waals surface area contributed by atoms with Gasteiger partial charge in [0.2, 0.25) is 5.89 Å². The minimum absolute atomic E-state index is 0.359. The molecule has 1 aromatic heterocycles. The zero-order valence-electron chi connectivity index (χ0n) is 10.7. The average Bonchev–Trinajstić information content (AvgIpc) is 2.87. The smallest absolute Gasteiger partial charge is 0.231 e. The van der Waals surface area contributed by atoms with Crippen LogP contribution in [0.3, 0.4) is 0 Å². The highest BCUT2D eigenvalue weighted by atomic mass is 35.5. The number of ether oxygens (including phenoxy) is 1. The van der Waals surface area contributed by atoms with Crippen LogP contribution in [0.4, 0.5) is 0 Å². The Morgan fingerprint density at radius 3 is 2.79 bits per heavy atom. The van der Waals surface area contributed by atoms with Gasteiger partial charge in [-0.15, -0.1) is 0 Å². The van der Waals surface area contributed by atoms with E-state index in [2.05, 4.69) is 10.1 Å². The molecule has 0 amide bonds. The summed E-state index contributed by atoms with van der Waals surface area (Å²) in [5, 5.41) is 4.57. The maximum atomic E-state index is 5.88. The molecule has 1 unspecified atom stereocenters. The molecular formula is C13H16ClN3O2. The first-order chi connectivity index (χ1) is 9.19. The van der Waals surface area contributed by atoms with Crippen LogP contribution in [0, 0.1) is 0 Å². The minimum atomic E-state index is -0.359. The molecule has 19 heavy (non-hydrogen) atoms. The van der Waals surface area contributed by atoms with Gasteiger partial charge in [-0.25, -0.2) is 0 Å². The van der Waals surface area contributed by atoms with E-state index in [1.807, 2.05) is 31.2 Å². The molecule has 6 heteroatoms. The van der Waals surface area contributed by atoms with Gasteiger partial charge in [-0.05, 0) is 24.6 Å². The third-order valence-electron chi connectivity index (χ3n) is 2.59. The van der Waals surface area contributed by atoms with Crippen LogP contribution < -0.4 is 5.73 Å². The largest absolute Gasteiger partial charge is 0.380 e. The van der Waals surface area contributed by atoms with Crippen molar-refractivity contribution in [3.8, 4) is 0 Å². The van der Waals surface area contributed by atoms with Crippen LogP contribution in [0.5, 0.6) is 0 Å². The summed E-state index contributed by atoms with van der Waals surface area (Å²) in [5.41, 5.74) is 6.93. The molecule has 0 saturated carbocycles. The van der Waals surface area contributed by atoms with Crippen molar-refractivity contribution >= 4 is 11.6 Å². The van der Waals surface area contributed by atoms with E-state index in [-0.39, 0.29) is 6.04 Å². The van der Waals surface area contributed by atoms with Crippen LogP contribution in [-0.4, -0.2) is 23.4 Å². The van der Waals surface area contributed by atoms with Gasteiger partial charge in [-0.3, -0.25) is 0 Å². The van der Waals surface area contributed by atoms with Crippen molar-refractivity contribution in [3.05, 3.63) is 46.6 Å². The summed E-state index contributed by atoms with van der Waals surface area (Å²) in [6.45, 7) is 2.91. The Balaban J connectivity index is 1.98. The highest BCUT2D eigenvalue weighted by Gasteiger charge is 2.14. The first-order valence-corrected chi connectivity index (χ1v) is 6.47. The summed E-state index contributed by atoms with van der Waals surface area (Å²) < 4.78 is 10.4. The predicted octanol–water partition coefficient (Wildman–Crippen LogP) is 2.35. The molecule has 1 aromatic carbocycles. The SMILES string of the molecule is CCOCC(N)c1noc(Cc2ccc(Cl)cc2)n1. The Morgan fingerprint density at radius 2 is 2.11 bits per heavy atom. The predicted molar refractivity (Wildman–Crippen MR) is 72.0 cm³/mol. The van der Waals surface area contributed by atoms with Gasteiger partial charge in [-0.1, -0.05) is 28.9 Å². The molecule has 0 aliphatic heterocycles. The van der Waals surface area contributed by atoms with Crippen molar-refractivity contribution in [2.75, 3.05) is 13.2 Å². The Hall–Kier alpha value is -1.43. The number of aromatic nitrogens is 2. The molecule has 0 fully saturated rings. The highest BCUT2D eigenvalue weighted by molar-refractivity contribution is 6.30. The van der Waals surface area contributed by atoms with Crippen LogP contribution >= 0.6 is 11.6 Å². The highest BCUT2D eigenvalue weighted by Crippen LogP contribution is 2.14. The molecule has 2 aromatic rings. The lowest BCUT2D eigenvalue weighted by Crippen LogP contribution is -2.18. The second-order valence-corrected chi connectivity index (χ2v) is 4.55.